The molecule has 1 atom stereocenters. The van der Waals surface area contributed by atoms with E-state index < -0.39 is 0 Å². The minimum atomic E-state index is -0.203. The average molecular weight is 279 g/mol. The lowest BCUT2D eigenvalue weighted by atomic mass is 10.0. The summed E-state index contributed by atoms with van der Waals surface area (Å²) in [5.74, 6) is -0.203. The van der Waals surface area contributed by atoms with Crippen molar-refractivity contribution in [1.82, 2.24) is 9.88 Å². The molecule has 2 N–H and O–H groups in total. The van der Waals surface area contributed by atoms with Gasteiger partial charge in [-0.2, -0.15) is 0 Å². The van der Waals surface area contributed by atoms with Gasteiger partial charge in [-0.3, -0.25) is 4.90 Å². The number of aromatic nitrogens is 1. The molecule has 1 aromatic heterocycles. The van der Waals surface area contributed by atoms with Crippen molar-refractivity contribution in [2.24, 2.45) is 5.73 Å². The zero-order valence-electron chi connectivity index (χ0n) is 11.1. The van der Waals surface area contributed by atoms with Gasteiger partial charge in [-0.25, -0.2) is 9.37 Å². The second-order valence-electron chi connectivity index (χ2n) is 4.55. The lowest BCUT2D eigenvalue weighted by Crippen LogP contribution is -2.30. The van der Waals surface area contributed by atoms with Crippen molar-refractivity contribution in [1.29, 1.82) is 0 Å². The van der Waals surface area contributed by atoms with E-state index in [0.717, 1.165) is 12.2 Å². The summed E-state index contributed by atoms with van der Waals surface area (Å²) in [6.07, 6.45) is 0. The topological polar surface area (TPSA) is 42.2 Å². The summed E-state index contributed by atoms with van der Waals surface area (Å²) in [5, 5.41) is 0. The molecule has 1 heterocycles. The number of nitrogens with two attached hydrogens (primary N) is 1. The number of hydrogen-bond acceptors (Lipinski definition) is 4. The Kier molecular flexibility index (Phi) is 4.63. The van der Waals surface area contributed by atoms with Gasteiger partial charge < -0.3 is 5.73 Å². The molecule has 0 saturated heterocycles. The van der Waals surface area contributed by atoms with Crippen LogP contribution >= 0.6 is 11.3 Å². The maximum absolute atomic E-state index is 13.9. The van der Waals surface area contributed by atoms with Crippen molar-refractivity contribution in [3.8, 4) is 0 Å². The van der Waals surface area contributed by atoms with Gasteiger partial charge in [0.05, 0.1) is 11.2 Å². The van der Waals surface area contributed by atoms with E-state index in [-0.39, 0.29) is 11.9 Å². The molecule has 0 fully saturated rings. The third kappa shape index (κ3) is 3.18. The number of hydrogen-bond donors (Lipinski definition) is 1. The van der Waals surface area contributed by atoms with Crippen LogP contribution in [0.3, 0.4) is 0 Å². The second-order valence-corrected chi connectivity index (χ2v) is 5.49. The van der Waals surface area contributed by atoms with Crippen LogP contribution in [0.4, 0.5) is 4.39 Å². The van der Waals surface area contributed by atoms with E-state index >= 15 is 0 Å². The standard InChI is InChI=1S/C14H18FN3S/c1-10-14(19-9-17-10)8-18(2)13(7-16)11-5-3-4-6-12(11)15/h3-6,9,13H,7-8,16H2,1-2H3. The predicted octanol–water partition coefficient (Wildman–Crippen LogP) is 2.72. The lowest BCUT2D eigenvalue weighted by molar-refractivity contribution is 0.238. The molecular weight excluding hydrogens is 261 g/mol. The van der Waals surface area contributed by atoms with Crippen molar-refractivity contribution < 1.29 is 4.39 Å². The summed E-state index contributed by atoms with van der Waals surface area (Å²) in [7, 11) is 1.96. The predicted molar refractivity (Wildman–Crippen MR) is 76.5 cm³/mol. The Hall–Kier alpha value is -1.30. The smallest absolute Gasteiger partial charge is 0.128 e. The van der Waals surface area contributed by atoms with Crippen LogP contribution in [-0.2, 0) is 6.54 Å². The number of rotatable bonds is 5. The molecule has 1 unspecified atom stereocenters. The minimum absolute atomic E-state index is 0.123. The van der Waals surface area contributed by atoms with Crippen molar-refractivity contribution in [2.45, 2.75) is 19.5 Å². The molecule has 102 valence electrons. The quantitative estimate of drug-likeness (QED) is 0.915. The molecule has 5 heteroatoms. The number of likely N-dealkylation sites (N-methyl/N-ethyl adjacent to an activating group) is 1. The molecule has 0 saturated carbocycles. The first-order valence-electron chi connectivity index (χ1n) is 6.17. The van der Waals surface area contributed by atoms with E-state index in [9.17, 15) is 4.39 Å². The highest BCUT2D eigenvalue weighted by atomic mass is 32.1. The third-order valence-corrected chi connectivity index (χ3v) is 4.18. The van der Waals surface area contributed by atoms with Gasteiger partial charge in [0, 0.05) is 29.6 Å². The normalized spacial score (nSPS) is 12.9. The third-order valence-electron chi connectivity index (χ3n) is 3.26. The number of aryl methyl sites for hydroxylation is 1. The molecule has 2 aromatic rings. The Morgan fingerprint density at radius 2 is 2.16 bits per heavy atom. The fourth-order valence-corrected chi connectivity index (χ4v) is 2.94. The van der Waals surface area contributed by atoms with Crippen LogP contribution in [-0.4, -0.2) is 23.5 Å². The molecule has 0 bridgehead atoms. The molecule has 0 radical (unpaired) electrons. The number of halogens is 1. The van der Waals surface area contributed by atoms with Crippen LogP contribution in [0.15, 0.2) is 29.8 Å². The number of nitrogens with zero attached hydrogens (tertiary/aromatic N) is 2. The maximum Gasteiger partial charge on any atom is 0.128 e. The van der Waals surface area contributed by atoms with Crippen LogP contribution in [0.5, 0.6) is 0 Å². The first-order chi connectivity index (χ1) is 9.13. The monoisotopic (exact) mass is 279 g/mol. The van der Waals surface area contributed by atoms with Crippen molar-refractivity contribution in [3.63, 3.8) is 0 Å². The highest BCUT2D eigenvalue weighted by molar-refractivity contribution is 7.09. The molecule has 0 aliphatic carbocycles. The molecule has 0 amide bonds. The zero-order valence-corrected chi connectivity index (χ0v) is 12.0. The van der Waals surface area contributed by atoms with Crippen LogP contribution in [0.25, 0.3) is 0 Å². The Bertz CT molecular complexity index is 541. The number of thiazole rings is 1. The Morgan fingerprint density at radius 1 is 1.42 bits per heavy atom. The summed E-state index contributed by atoms with van der Waals surface area (Å²) in [6.45, 7) is 3.10. The molecule has 3 nitrogen and oxygen atoms in total. The molecule has 0 aliphatic rings. The van der Waals surface area contributed by atoms with Crippen LogP contribution in [0.1, 0.15) is 22.2 Å². The Balaban J connectivity index is 2.18. The highest BCUT2D eigenvalue weighted by Crippen LogP contribution is 2.24. The van der Waals surface area contributed by atoms with E-state index in [1.54, 1.807) is 23.5 Å². The summed E-state index contributed by atoms with van der Waals surface area (Å²) >= 11 is 1.62. The lowest BCUT2D eigenvalue weighted by Gasteiger charge is -2.27. The van der Waals surface area contributed by atoms with Crippen LogP contribution < -0.4 is 5.73 Å². The van der Waals surface area contributed by atoms with Gasteiger partial charge in [0.25, 0.3) is 0 Å². The van der Waals surface area contributed by atoms with E-state index in [2.05, 4.69) is 9.88 Å². The maximum atomic E-state index is 13.9. The fourth-order valence-electron chi connectivity index (χ4n) is 2.10. The minimum Gasteiger partial charge on any atom is -0.329 e. The van der Waals surface area contributed by atoms with Crippen LogP contribution in [0.2, 0.25) is 0 Å². The van der Waals surface area contributed by atoms with Crippen molar-refractivity contribution >= 4 is 11.3 Å². The largest absolute Gasteiger partial charge is 0.329 e. The highest BCUT2D eigenvalue weighted by Gasteiger charge is 2.19. The Morgan fingerprint density at radius 3 is 2.74 bits per heavy atom. The first-order valence-corrected chi connectivity index (χ1v) is 7.05. The Labute approximate surface area is 116 Å². The molecular formula is C14H18FN3S. The van der Waals surface area contributed by atoms with Crippen molar-refractivity contribution in [2.75, 3.05) is 13.6 Å². The molecule has 2 rings (SSSR count). The fraction of sp³-hybridized carbons (Fsp3) is 0.357. The summed E-state index contributed by atoms with van der Waals surface area (Å²) in [5.41, 5.74) is 9.33. The number of benzene rings is 1. The van der Waals surface area contributed by atoms with Gasteiger partial charge in [-0.15, -0.1) is 11.3 Å². The van der Waals surface area contributed by atoms with Gasteiger partial charge in [0.1, 0.15) is 5.82 Å². The molecule has 19 heavy (non-hydrogen) atoms. The zero-order chi connectivity index (χ0) is 13.8. The summed E-state index contributed by atoms with van der Waals surface area (Å²) in [6, 6.07) is 6.68. The van der Waals surface area contributed by atoms with E-state index in [1.807, 2.05) is 25.5 Å². The van der Waals surface area contributed by atoms with Gasteiger partial charge in [-0.05, 0) is 20.0 Å². The molecule has 0 aliphatic heterocycles. The average Bonchev–Trinajstić information content (AvgIpc) is 2.78. The second kappa shape index (κ2) is 6.23. The summed E-state index contributed by atoms with van der Waals surface area (Å²) < 4.78 is 13.9. The van der Waals surface area contributed by atoms with Crippen LogP contribution in [0, 0.1) is 12.7 Å². The van der Waals surface area contributed by atoms with Gasteiger partial charge in [0.15, 0.2) is 0 Å². The van der Waals surface area contributed by atoms with E-state index in [0.29, 0.717) is 12.1 Å². The molecule has 0 spiro atoms. The van der Waals surface area contributed by atoms with E-state index in [1.165, 1.54) is 10.9 Å². The molecule has 1 aromatic carbocycles. The van der Waals surface area contributed by atoms with Gasteiger partial charge >= 0.3 is 0 Å². The van der Waals surface area contributed by atoms with Gasteiger partial charge in [-0.1, -0.05) is 18.2 Å². The van der Waals surface area contributed by atoms with Crippen molar-refractivity contribution in [3.05, 3.63) is 51.7 Å². The SMILES string of the molecule is Cc1ncsc1CN(C)C(CN)c1ccccc1F. The van der Waals surface area contributed by atoms with Gasteiger partial charge in [0.2, 0.25) is 0 Å². The van der Waals surface area contributed by atoms with E-state index in [4.69, 9.17) is 5.73 Å². The first kappa shape index (κ1) is 14.1. The summed E-state index contributed by atoms with van der Waals surface area (Å²) in [4.78, 5) is 7.49.